The lowest BCUT2D eigenvalue weighted by Crippen LogP contribution is -2.45. The molecule has 1 aromatic rings. The molecule has 1 N–H and O–H groups in total. The van der Waals surface area contributed by atoms with Crippen molar-refractivity contribution >= 4 is 5.91 Å². The van der Waals surface area contributed by atoms with Gasteiger partial charge >= 0.3 is 0 Å². The first-order valence-corrected chi connectivity index (χ1v) is 5.80. The van der Waals surface area contributed by atoms with Crippen LogP contribution in [-0.4, -0.2) is 11.4 Å². The summed E-state index contributed by atoms with van der Waals surface area (Å²) in [5, 5.41) is 2.69. The highest BCUT2D eigenvalue weighted by atomic mass is 19.2. The van der Waals surface area contributed by atoms with E-state index in [-0.39, 0.29) is 5.56 Å². The summed E-state index contributed by atoms with van der Waals surface area (Å²) in [4.78, 5) is 11.8. The Kier molecular flexibility index (Phi) is 4.38. The van der Waals surface area contributed by atoms with E-state index in [1.54, 1.807) is 0 Å². The Labute approximate surface area is 104 Å². The number of benzene rings is 1. The summed E-state index contributed by atoms with van der Waals surface area (Å²) < 4.78 is 38.8. The summed E-state index contributed by atoms with van der Waals surface area (Å²) in [5.74, 6) is -4.91. The molecule has 1 rings (SSSR count). The summed E-state index contributed by atoms with van der Waals surface area (Å²) in [7, 11) is 0. The van der Waals surface area contributed by atoms with Gasteiger partial charge in [-0.1, -0.05) is 13.8 Å². The van der Waals surface area contributed by atoms with Gasteiger partial charge in [0.25, 0.3) is 5.91 Å². The SMILES string of the molecule is CCC(C)(CC)NC(=O)c1cc(F)c(F)c(F)c1. The van der Waals surface area contributed by atoms with E-state index < -0.39 is 28.9 Å². The number of amides is 1. The predicted octanol–water partition coefficient (Wildman–Crippen LogP) is 3.41. The summed E-state index contributed by atoms with van der Waals surface area (Å²) in [6.45, 7) is 5.63. The molecule has 0 atom stereocenters. The Morgan fingerprint density at radius 2 is 1.61 bits per heavy atom. The van der Waals surface area contributed by atoms with Crippen molar-refractivity contribution in [3.8, 4) is 0 Å². The predicted molar refractivity (Wildman–Crippen MR) is 62.8 cm³/mol. The van der Waals surface area contributed by atoms with Gasteiger partial charge in [-0.25, -0.2) is 13.2 Å². The van der Waals surface area contributed by atoms with Crippen LogP contribution in [0.5, 0.6) is 0 Å². The monoisotopic (exact) mass is 259 g/mol. The molecule has 0 aromatic heterocycles. The van der Waals surface area contributed by atoms with E-state index in [2.05, 4.69) is 5.32 Å². The van der Waals surface area contributed by atoms with Crippen molar-refractivity contribution in [1.29, 1.82) is 0 Å². The molecule has 2 nitrogen and oxygen atoms in total. The molecule has 0 radical (unpaired) electrons. The molecule has 1 aromatic carbocycles. The molecule has 0 aliphatic rings. The third-order valence-corrected chi connectivity index (χ3v) is 3.22. The second-order valence-corrected chi connectivity index (χ2v) is 4.48. The molecule has 0 saturated carbocycles. The van der Waals surface area contributed by atoms with Gasteiger partial charge in [0.1, 0.15) is 0 Å². The lowest BCUT2D eigenvalue weighted by Gasteiger charge is -2.28. The van der Waals surface area contributed by atoms with Crippen molar-refractivity contribution in [1.82, 2.24) is 5.32 Å². The molecule has 0 heterocycles. The summed E-state index contributed by atoms with van der Waals surface area (Å²) in [6.07, 6.45) is 1.36. The van der Waals surface area contributed by atoms with E-state index in [4.69, 9.17) is 0 Å². The van der Waals surface area contributed by atoms with Gasteiger partial charge in [-0.3, -0.25) is 4.79 Å². The van der Waals surface area contributed by atoms with Crippen LogP contribution in [-0.2, 0) is 0 Å². The average molecular weight is 259 g/mol. The summed E-state index contributed by atoms with van der Waals surface area (Å²) in [5.41, 5.74) is -0.669. The molecule has 18 heavy (non-hydrogen) atoms. The number of carbonyl (C=O) groups is 1. The van der Waals surface area contributed by atoms with E-state index in [0.717, 1.165) is 0 Å². The van der Waals surface area contributed by atoms with E-state index in [0.29, 0.717) is 25.0 Å². The van der Waals surface area contributed by atoms with Crippen molar-refractivity contribution in [3.63, 3.8) is 0 Å². The smallest absolute Gasteiger partial charge is 0.251 e. The minimum atomic E-state index is -1.57. The topological polar surface area (TPSA) is 29.1 Å². The number of rotatable bonds is 4. The van der Waals surface area contributed by atoms with Crippen LogP contribution in [0.4, 0.5) is 13.2 Å². The van der Waals surface area contributed by atoms with Crippen molar-refractivity contribution in [3.05, 3.63) is 35.1 Å². The van der Waals surface area contributed by atoms with Crippen LogP contribution < -0.4 is 5.32 Å². The largest absolute Gasteiger partial charge is 0.347 e. The van der Waals surface area contributed by atoms with Gasteiger partial charge in [-0.15, -0.1) is 0 Å². The zero-order chi connectivity index (χ0) is 13.9. The van der Waals surface area contributed by atoms with E-state index in [9.17, 15) is 18.0 Å². The molecule has 0 unspecified atom stereocenters. The molecule has 1 amide bonds. The molecule has 0 bridgehead atoms. The van der Waals surface area contributed by atoms with Crippen LogP contribution in [0.2, 0.25) is 0 Å². The van der Waals surface area contributed by atoms with Crippen molar-refractivity contribution in [2.45, 2.75) is 39.2 Å². The molecule has 0 aliphatic heterocycles. The van der Waals surface area contributed by atoms with Crippen molar-refractivity contribution in [2.75, 3.05) is 0 Å². The van der Waals surface area contributed by atoms with Crippen LogP contribution >= 0.6 is 0 Å². The number of carbonyl (C=O) groups excluding carboxylic acids is 1. The van der Waals surface area contributed by atoms with Crippen molar-refractivity contribution < 1.29 is 18.0 Å². The minimum absolute atomic E-state index is 0.223. The summed E-state index contributed by atoms with van der Waals surface area (Å²) >= 11 is 0. The standard InChI is InChI=1S/C13H16F3NO/c1-4-13(3,5-2)17-12(18)8-6-9(14)11(16)10(15)7-8/h6-7H,4-5H2,1-3H3,(H,17,18). The Hall–Kier alpha value is -1.52. The second kappa shape index (κ2) is 5.42. The Morgan fingerprint density at radius 3 is 2.00 bits per heavy atom. The second-order valence-electron chi connectivity index (χ2n) is 4.48. The first-order valence-electron chi connectivity index (χ1n) is 5.80. The minimum Gasteiger partial charge on any atom is -0.347 e. The molecule has 100 valence electrons. The molecular formula is C13H16F3NO. The molecule has 5 heteroatoms. The van der Waals surface area contributed by atoms with Crippen LogP contribution in [0.3, 0.4) is 0 Å². The Morgan fingerprint density at radius 1 is 1.17 bits per heavy atom. The number of nitrogens with one attached hydrogen (secondary N) is 1. The normalized spacial score (nSPS) is 11.4. The van der Waals surface area contributed by atoms with Gasteiger partial charge in [0.2, 0.25) is 0 Å². The fraction of sp³-hybridized carbons (Fsp3) is 0.462. The number of hydrogen-bond donors (Lipinski definition) is 1. The van der Waals surface area contributed by atoms with E-state index in [1.165, 1.54) is 0 Å². The highest BCUT2D eigenvalue weighted by Crippen LogP contribution is 2.17. The lowest BCUT2D eigenvalue weighted by atomic mass is 9.95. The van der Waals surface area contributed by atoms with Crippen LogP contribution in [0.25, 0.3) is 0 Å². The van der Waals surface area contributed by atoms with E-state index >= 15 is 0 Å². The van der Waals surface area contributed by atoms with Gasteiger partial charge in [-0.05, 0) is 31.9 Å². The zero-order valence-electron chi connectivity index (χ0n) is 10.6. The zero-order valence-corrected chi connectivity index (χ0v) is 10.6. The number of halogens is 3. The number of hydrogen-bond acceptors (Lipinski definition) is 1. The highest BCUT2D eigenvalue weighted by molar-refractivity contribution is 5.94. The molecule has 0 spiro atoms. The Balaban J connectivity index is 2.98. The third-order valence-electron chi connectivity index (χ3n) is 3.22. The van der Waals surface area contributed by atoms with Crippen molar-refractivity contribution in [2.24, 2.45) is 0 Å². The Bertz CT molecular complexity index is 433. The lowest BCUT2D eigenvalue weighted by molar-refractivity contribution is 0.0900. The first-order chi connectivity index (χ1) is 8.33. The van der Waals surface area contributed by atoms with Gasteiger partial charge in [0.15, 0.2) is 17.5 Å². The first kappa shape index (κ1) is 14.5. The molecule has 0 fully saturated rings. The van der Waals surface area contributed by atoms with Crippen LogP contribution in [0.1, 0.15) is 44.0 Å². The van der Waals surface area contributed by atoms with Gasteiger partial charge in [0, 0.05) is 11.1 Å². The van der Waals surface area contributed by atoms with Crippen LogP contribution in [0, 0.1) is 17.5 Å². The maximum atomic E-state index is 13.0. The fourth-order valence-electron chi connectivity index (χ4n) is 1.46. The van der Waals surface area contributed by atoms with Gasteiger partial charge < -0.3 is 5.32 Å². The maximum absolute atomic E-state index is 13.0. The van der Waals surface area contributed by atoms with Crippen LogP contribution in [0.15, 0.2) is 12.1 Å². The average Bonchev–Trinajstić information content (AvgIpc) is 2.35. The maximum Gasteiger partial charge on any atom is 0.251 e. The van der Waals surface area contributed by atoms with Gasteiger partial charge in [0.05, 0.1) is 0 Å². The summed E-state index contributed by atoms with van der Waals surface area (Å²) in [6, 6.07) is 1.39. The molecular weight excluding hydrogens is 243 g/mol. The molecule has 0 aliphatic carbocycles. The van der Waals surface area contributed by atoms with E-state index in [1.807, 2.05) is 20.8 Å². The quantitative estimate of drug-likeness (QED) is 0.825. The third kappa shape index (κ3) is 3.03. The van der Waals surface area contributed by atoms with Gasteiger partial charge in [-0.2, -0.15) is 0 Å². The fourth-order valence-corrected chi connectivity index (χ4v) is 1.46. The highest BCUT2D eigenvalue weighted by Gasteiger charge is 2.24. The molecule has 0 saturated heterocycles.